The highest BCUT2D eigenvalue weighted by atomic mass is 16.6. The molecule has 1 aromatic rings. The molecule has 0 aromatic carbocycles. The molecule has 1 amide bonds. The van der Waals surface area contributed by atoms with Crippen LogP contribution in [0.2, 0.25) is 0 Å². The second kappa shape index (κ2) is 7.90. The highest BCUT2D eigenvalue weighted by Crippen LogP contribution is 2.46. The summed E-state index contributed by atoms with van der Waals surface area (Å²) in [6.45, 7) is 5.66. The van der Waals surface area contributed by atoms with Gasteiger partial charge in [-0.1, -0.05) is 0 Å². The zero-order chi connectivity index (χ0) is 19.7. The lowest BCUT2D eigenvalue weighted by atomic mass is 9.84. The van der Waals surface area contributed by atoms with Crippen molar-refractivity contribution in [3.05, 3.63) is 23.7 Å². The Balaban J connectivity index is 1.27. The largest absolute Gasteiger partial charge is 0.465 e. The predicted octanol–water partition coefficient (Wildman–Crippen LogP) is 3.13. The molecule has 2 aliphatic heterocycles. The molecule has 1 saturated carbocycles. The number of hydrogen-bond acceptors (Lipinski definition) is 5. The minimum atomic E-state index is -0.507. The number of carbonyl (C=O) groups is 2. The van der Waals surface area contributed by atoms with Crippen molar-refractivity contribution in [3.63, 3.8) is 0 Å². The lowest BCUT2D eigenvalue weighted by Crippen LogP contribution is -2.46. The molecule has 0 N–H and O–H groups in total. The minimum absolute atomic E-state index is 0.0984. The van der Waals surface area contributed by atoms with Gasteiger partial charge in [-0.3, -0.25) is 14.5 Å². The van der Waals surface area contributed by atoms with Crippen LogP contribution in [0.3, 0.4) is 0 Å². The number of furan rings is 1. The summed E-state index contributed by atoms with van der Waals surface area (Å²) in [6.07, 6.45) is 6.21. The Morgan fingerprint density at radius 3 is 2.61 bits per heavy atom. The zero-order valence-corrected chi connectivity index (χ0v) is 17.1. The third kappa shape index (κ3) is 3.97. The monoisotopic (exact) mass is 388 g/mol. The molecule has 3 heterocycles. The number of esters is 1. The van der Waals surface area contributed by atoms with E-state index in [0.717, 1.165) is 76.2 Å². The van der Waals surface area contributed by atoms with Crippen molar-refractivity contribution < 1.29 is 18.7 Å². The standard InChI is InChI=1S/C22H32N2O4/c1-16-5-6-18(27-16)15-24-11-7-17(8-12-24)14-23(2)21(26)19-13-20(25)28-22(19)9-3-4-10-22/h5-6,17,19H,3-4,7-15H2,1-2H3/t19-/m0/s1. The molecule has 3 aliphatic rings. The van der Waals surface area contributed by atoms with Gasteiger partial charge in [-0.25, -0.2) is 0 Å². The average molecular weight is 389 g/mol. The number of aryl methyl sites for hydroxylation is 1. The smallest absolute Gasteiger partial charge is 0.307 e. The number of ether oxygens (including phenoxy) is 1. The van der Waals surface area contributed by atoms with Crippen LogP contribution < -0.4 is 0 Å². The molecule has 6 heteroatoms. The molecule has 1 aliphatic carbocycles. The molecule has 4 rings (SSSR count). The van der Waals surface area contributed by atoms with Crippen LogP contribution >= 0.6 is 0 Å². The van der Waals surface area contributed by atoms with Gasteiger partial charge in [-0.2, -0.15) is 0 Å². The molecule has 0 radical (unpaired) electrons. The van der Waals surface area contributed by atoms with Crippen LogP contribution in [0, 0.1) is 18.8 Å². The van der Waals surface area contributed by atoms with Crippen molar-refractivity contribution in [2.75, 3.05) is 26.7 Å². The van der Waals surface area contributed by atoms with Gasteiger partial charge in [0.25, 0.3) is 0 Å². The molecule has 1 aromatic heterocycles. The molecular formula is C22H32N2O4. The minimum Gasteiger partial charge on any atom is -0.465 e. The van der Waals surface area contributed by atoms with Gasteiger partial charge in [0.15, 0.2) is 0 Å². The third-order valence-corrected chi connectivity index (χ3v) is 6.86. The van der Waals surface area contributed by atoms with E-state index in [1.165, 1.54) is 0 Å². The second-order valence-corrected chi connectivity index (χ2v) is 8.95. The Labute approximate surface area is 167 Å². The fourth-order valence-electron chi connectivity index (χ4n) is 5.29. The number of piperidine rings is 1. The molecule has 0 bridgehead atoms. The lowest BCUT2D eigenvalue weighted by Gasteiger charge is -2.35. The van der Waals surface area contributed by atoms with Crippen molar-refractivity contribution >= 4 is 11.9 Å². The molecule has 1 spiro atoms. The Kier molecular flexibility index (Phi) is 5.50. The molecular weight excluding hydrogens is 356 g/mol. The molecule has 6 nitrogen and oxygen atoms in total. The quantitative estimate of drug-likeness (QED) is 0.725. The Morgan fingerprint density at radius 1 is 1.25 bits per heavy atom. The number of likely N-dealkylation sites (tertiary alicyclic amines) is 1. The van der Waals surface area contributed by atoms with E-state index in [-0.39, 0.29) is 24.2 Å². The predicted molar refractivity (Wildman–Crippen MR) is 104 cm³/mol. The van der Waals surface area contributed by atoms with E-state index in [1.807, 2.05) is 24.9 Å². The third-order valence-electron chi connectivity index (χ3n) is 6.86. The van der Waals surface area contributed by atoms with Gasteiger partial charge in [-0.05, 0) is 76.6 Å². The maximum Gasteiger partial charge on any atom is 0.307 e. The number of carbonyl (C=O) groups excluding carboxylic acids is 2. The molecule has 28 heavy (non-hydrogen) atoms. The lowest BCUT2D eigenvalue weighted by molar-refractivity contribution is -0.151. The van der Waals surface area contributed by atoms with Crippen LogP contribution in [-0.2, 0) is 20.9 Å². The second-order valence-electron chi connectivity index (χ2n) is 8.95. The summed E-state index contributed by atoms with van der Waals surface area (Å²) in [5, 5.41) is 0. The van der Waals surface area contributed by atoms with Gasteiger partial charge >= 0.3 is 5.97 Å². The normalized spacial score (nSPS) is 25.4. The van der Waals surface area contributed by atoms with Crippen molar-refractivity contribution in [3.8, 4) is 0 Å². The van der Waals surface area contributed by atoms with Crippen molar-refractivity contribution in [1.29, 1.82) is 0 Å². The summed E-state index contributed by atoms with van der Waals surface area (Å²) in [6, 6.07) is 4.06. The van der Waals surface area contributed by atoms with E-state index < -0.39 is 5.60 Å². The zero-order valence-electron chi connectivity index (χ0n) is 17.1. The van der Waals surface area contributed by atoms with E-state index >= 15 is 0 Å². The summed E-state index contributed by atoms with van der Waals surface area (Å²) >= 11 is 0. The number of rotatable bonds is 5. The number of nitrogens with zero attached hydrogens (tertiary/aromatic N) is 2. The van der Waals surface area contributed by atoms with Gasteiger partial charge in [0.05, 0.1) is 18.9 Å². The van der Waals surface area contributed by atoms with Crippen LogP contribution in [0.25, 0.3) is 0 Å². The van der Waals surface area contributed by atoms with Gasteiger partial charge in [0.1, 0.15) is 17.1 Å². The summed E-state index contributed by atoms with van der Waals surface area (Å²) in [7, 11) is 1.89. The fraction of sp³-hybridized carbons (Fsp3) is 0.727. The number of amides is 1. The van der Waals surface area contributed by atoms with Crippen LogP contribution in [-0.4, -0.2) is 54.0 Å². The Morgan fingerprint density at radius 2 is 1.96 bits per heavy atom. The van der Waals surface area contributed by atoms with E-state index in [9.17, 15) is 9.59 Å². The van der Waals surface area contributed by atoms with Crippen molar-refractivity contribution in [2.45, 2.75) is 64.0 Å². The summed E-state index contributed by atoms with van der Waals surface area (Å²) < 4.78 is 11.3. The topological polar surface area (TPSA) is 63.0 Å². The molecule has 2 saturated heterocycles. The average Bonchev–Trinajstić information content (AvgIpc) is 3.38. The molecule has 154 valence electrons. The highest BCUT2D eigenvalue weighted by Gasteiger charge is 2.54. The van der Waals surface area contributed by atoms with Gasteiger partial charge in [0.2, 0.25) is 5.91 Å². The Bertz CT molecular complexity index is 714. The maximum absolute atomic E-state index is 13.1. The van der Waals surface area contributed by atoms with Crippen LogP contribution in [0.5, 0.6) is 0 Å². The first-order valence-corrected chi connectivity index (χ1v) is 10.7. The first-order chi connectivity index (χ1) is 13.4. The van der Waals surface area contributed by atoms with E-state index in [2.05, 4.69) is 11.0 Å². The first-order valence-electron chi connectivity index (χ1n) is 10.7. The van der Waals surface area contributed by atoms with Crippen LogP contribution in [0.1, 0.15) is 56.5 Å². The molecule has 0 unspecified atom stereocenters. The summed E-state index contributed by atoms with van der Waals surface area (Å²) in [5.41, 5.74) is -0.507. The van der Waals surface area contributed by atoms with Crippen LogP contribution in [0.15, 0.2) is 16.5 Å². The van der Waals surface area contributed by atoms with Crippen LogP contribution in [0.4, 0.5) is 0 Å². The van der Waals surface area contributed by atoms with Crippen molar-refractivity contribution in [2.24, 2.45) is 11.8 Å². The Hall–Kier alpha value is -1.82. The SMILES string of the molecule is Cc1ccc(CN2CCC(CN(C)C(=O)[C@@H]3CC(=O)OC34CCCC4)CC2)o1. The molecule has 1 atom stereocenters. The van der Waals surface area contributed by atoms with Gasteiger partial charge in [-0.15, -0.1) is 0 Å². The fourth-order valence-corrected chi connectivity index (χ4v) is 5.29. The van der Waals surface area contributed by atoms with Crippen molar-refractivity contribution in [1.82, 2.24) is 9.80 Å². The maximum atomic E-state index is 13.1. The van der Waals surface area contributed by atoms with E-state index in [0.29, 0.717) is 5.92 Å². The summed E-state index contributed by atoms with van der Waals surface area (Å²) in [4.78, 5) is 29.3. The van der Waals surface area contributed by atoms with E-state index in [4.69, 9.17) is 9.15 Å². The van der Waals surface area contributed by atoms with E-state index in [1.54, 1.807) is 0 Å². The van der Waals surface area contributed by atoms with Gasteiger partial charge < -0.3 is 14.1 Å². The summed E-state index contributed by atoms with van der Waals surface area (Å²) in [5.74, 6) is 2.11. The van der Waals surface area contributed by atoms with Gasteiger partial charge in [0, 0.05) is 13.6 Å². The highest BCUT2D eigenvalue weighted by molar-refractivity contribution is 5.87. The number of hydrogen-bond donors (Lipinski definition) is 0. The first kappa shape index (κ1) is 19.5. The molecule has 3 fully saturated rings.